The predicted octanol–water partition coefficient (Wildman–Crippen LogP) is 1.46. The van der Waals surface area contributed by atoms with Gasteiger partial charge in [-0.05, 0) is 19.1 Å². The van der Waals surface area contributed by atoms with Gasteiger partial charge in [0.2, 0.25) is 0 Å². The first kappa shape index (κ1) is 12.9. The second kappa shape index (κ2) is 5.40. The minimum atomic E-state index is -0.468. The highest BCUT2D eigenvalue weighted by molar-refractivity contribution is 6.03. The number of halogens is 1. The minimum Gasteiger partial charge on any atom is -0.320 e. The number of rotatable bonds is 3. The van der Waals surface area contributed by atoms with Crippen molar-refractivity contribution in [1.82, 2.24) is 9.97 Å². The van der Waals surface area contributed by atoms with E-state index in [0.29, 0.717) is 17.1 Å². The van der Waals surface area contributed by atoms with Gasteiger partial charge in [-0.2, -0.15) is 0 Å². The van der Waals surface area contributed by atoms with Gasteiger partial charge in [0.05, 0.1) is 12.4 Å². The zero-order valence-corrected chi connectivity index (χ0v) is 10.1. The van der Waals surface area contributed by atoms with Crippen LogP contribution >= 0.6 is 0 Å². The minimum absolute atomic E-state index is 0.114. The lowest BCUT2D eigenvalue weighted by atomic mass is 10.2. The van der Waals surface area contributed by atoms with Crippen LogP contribution in [-0.4, -0.2) is 15.9 Å². The van der Waals surface area contributed by atoms with E-state index in [-0.39, 0.29) is 11.5 Å². The number of amides is 1. The molecule has 0 aliphatic rings. The first-order valence-corrected chi connectivity index (χ1v) is 5.47. The highest BCUT2D eigenvalue weighted by atomic mass is 19.1. The molecule has 0 saturated heterocycles. The molecule has 1 heterocycles. The fourth-order valence-corrected chi connectivity index (χ4v) is 1.45. The normalized spacial score (nSPS) is 10.1. The Morgan fingerprint density at radius 3 is 2.74 bits per heavy atom. The van der Waals surface area contributed by atoms with Crippen molar-refractivity contribution in [1.29, 1.82) is 0 Å². The summed E-state index contributed by atoms with van der Waals surface area (Å²) < 4.78 is 13.3. The van der Waals surface area contributed by atoms with Crippen LogP contribution in [0.1, 0.15) is 16.1 Å². The largest absolute Gasteiger partial charge is 0.320 e. The number of aromatic nitrogens is 2. The van der Waals surface area contributed by atoms with Gasteiger partial charge in [0.15, 0.2) is 5.82 Å². The molecule has 1 amide bonds. The van der Waals surface area contributed by atoms with Gasteiger partial charge in [-0.15, -0.1) is 0 Å². The van der Waals surface area contributed by atoms with E-state index in [4.69, 9.17) is 5.84 Å². The van der Waals surface area contributed by atoms with E-state index in [9.17, 15) is 9.18 Å². The third kappa shape index (κ3) is 2.83. The van der Waals surface area contributed by atoms with Gasteiger partial charge in [0, 0.05) is 11.3 Å². The smallest absolute Gasteiger partial charge is 0.275 e. The Morgan fingerprint density at radius 2 is 2.11 bits per heavy atom. The monoisotopic (exact) mass is 261 g/mol. The number of nitrogens with two attached hydrogens (primary N) is 1. The molecule has 4 N–H and O–H groups in total. The molecular weight excluding hydrogens is 249 g/mol. The fraction of sp³-hybridized carbons (Fsp3) is 0.0833. The Hall–Kier alpha value is -2.54. The van der Waals surface area contributed by atoms with Crippen molar-refractivity contribution < 1.29 is 9.18 Å². The van der Waals surface area contributed by atoms with Gasteiger partial charge in [-0.25, -0.2) is 20.2 Å². The molecule has 0 atom stereocenters. The predicted molar refractivity (Wildman–Crippen MR) is 68.9 cm³/mol. The second-order valence-electron chi connectivity index (χ2n) is 3.80. The molecule has 0 aliphatic heterocycles. The van der Waals surface area contributed by atoms with Crippen LogP contribution in [-0.2, 0) is 0 Å². The summed E-state index contributed by atoms with van der Waals surface area (Å²) in [6.45, 7) is 1.58. The third-order valence-corrected chi connectivity index (χ3v) is 2.55. The number of nitrogens with one attached hydrogen (secondary N) is 2. The molecule has 6 nitrogen and oxygen atoms in total. The zero-order chi connectivity index (χ0) is 13.8. The Labute approximate surface area is 108 Å². The third-order valence-electron chi connectivity index (χ3n) is 2.55. The van der Waals surface area contributed by atoms with Gasteiger partial charge in [-0.3, -0.25) is 4.79 Å². The lowest BCUT2D eigenvalue weighted by Gasteiger charge is -2.08. The molecule has 0 radical (unpaired) electrons. The summed E-state index contributed by atoms with van der Waals surface area (Å²) in [5.74, 6) is 4.64. The van der Waals surface area contributed by atoms with Gasteiger partial charge in [0.1, 0.15) is 11.5 Å². The van der Waals surface area contributed by atoms with Crippen LogP contribution < -0.4 is 16.6 Å². The molecule has 0 fully saturated rings. The van der Waals surface area contributed by atoms with Gasteiger partial charge < -0.3 is 10.7 Å². The molecule has 0 unspecified atom stereocenters. The second-order valence-corrected chi connectivity index (χ2v) is 3.80. The molecule has 98 valence electrons. The van der Waals surface area contributed by atoms with E-state index in [2.05, 4.69) is 20.7 Å². The molecule has 2 rings (SSSR count). The van der Waals surface area contributed by atoms with Crippen LogP contribution in [0.4, 0.5) is 15.9 Å². The highest BCUT2D eigenvalue weighted by Gasteiger charge is 2.11. The first-order chi connectivity index (χ1) is 9.11. The summed E-state index contributed by atoms with van der Waals surface area (Å²) in [4.78, 5) is 19.6. The fourth-order valence-electron chi connectivity index (χ4n) is 1.45. The summed E-state index contributed by atoms with van der Waals surface area (Å²) in [5.41, 5.74) is 3.18. The van der Waals surface area contributed by atoms with E-state index in [1.165, 1.54) is 24.5 Å². The summed E-state index contributed by atoms with van der Waals surface area (Å²) in [6.07, 6.45) is 2.60. The highest BCUT2D eigenvalue weighted by Crippen LogP contribution is 2.17. The lowest BCUT2D eigenvalue weighted by molar-refractivity contribution is 0.102. The van der Waals surface area contributed by atoms with E-state index in [1.807, 2.05) is 0 Å². The number of hydrazine groups is 1. The van der Waals surface area contributed by atoms with Crippen molar-refractivity contribution in [2.45, 2.75) is 6.92 Å². The molecule has 0 bridgehead atoms. The molecule has 2 aromatic rings. The molecule has 19 heavy (non-hydrogen) atoms. The van der Waals surface area contributed by atoms with E-state index < -0.39 is 5.91 Å². The number of carbonyl (C=O) groups is 1. The van der Waals surface area contributed by atoms with Crippen LogP contribution in [0.3, 0.4) is 0 Å². The number of hydrogen-bond donors (Lipinski definition) is 3. The van der Waals surface area contributed by atoms with Crippen molar-refractivity contribution in [3.8, 4) is 0 Å². The Morgan fingerprint density at radius 1 is 1.32 bits per heavy atom. The molecule has 1 aromatic heterocycles. The van der Waals surface area contributed by atoms with Gasteiger partial charge in [0.25, 0.3) is 5.91 Å². The maximum absolute atomic E-state index is 13.3. The van der Waals surface area contributed by atoms with Crippen LogP contribution in [0.5, 0.6) is 0 Å². The summed E-state index contributed by atoms with van der Waals surface area (Å²) >= 11 is 0. The quantitative estimate of drug-likeness (QED) is 0.574. The maximum Gasteiger partial charge on any atom is 0.275 e. The Kier molecular flexibility index (Phi) is 3.67. The summed E-state index contributed by atoms with van der Waals surface area (Å²) in [6, 6.07) is 4.46. The van der Waals surface area contributed by atoms with Crippen LogP contribution in [0.2, 0.25) is 0 Å². The molecule has 7 heteroatoms. The number of benzene rings is 1. The topological polar surface area (TPSA) is 92.9 Å². The van der Waals surface area contributed by atoms with Crippen LogP contribution in [0, 0.1) is 12.7 Å². The van der Waals surface area contributed by atoms with Crippen LogP contribution in [0.15, 0.2) is 30.6 Å². The Balaban J connectivity index is 2.18. The number of hydrogen-bond acceptors (Lipinski definition) is 5. The number of carbonyl (C=O) groups excluding carboxylic acids is 1. The molecule has 0 saturated carbocycles. The van der Waals surface area contributed by atoms with Gasteiger partial charge >= 0.3 is 0 Å². The molecule has 0 spiro atoms. The standard InChI is InChI=1S/C12H12FN5O/c1-7-8(13)3-2-4-9(7)17-12(19)10-5-16-11(18-14)6-15-10/h2-6H,14H2,1H3,(H,16,18)(H,17,19). The van der Waals surface area contributed by atoms with Crippen LogP contribution in [0.25, 0.3) is 0 Å². The van der Waals surface area contributed by atoms with Crippen molar-refractivity contribution >= 4 is 17.4 Å². The van der Waals surface area contributed by atoms with Crippen molar-refractivity contribution in [3.63, 3.8) is 0 Å². The lowest BCUT2D eigenvalue weighted by Crippen LogP contribution is -2.16. The first-order valence-electron chi connectivity index (χ1n) is 5.47. The number of nitrogen functional groups attached to an aromatic ring is 1. The Bertz CT molecular complexity index is 600. The average molecular weight is 261 g/mol. The molecular formula is C12H12FN5O. The maximum atomic E-state index is 13.3. The molecule has 1 aromatic carbocycles. The summed E-state index contributed by atoms with van der Waals surface area (Å²) in [7, 11) is 0. The number of nitrogens with zero attached hydrogens (tertiary/aromatic N) is 2. The number of anilines is 2. The van der Waals surface area contributed by atoms with E-state index in [1.54, 1.807) is 13.0 Å². The van der Waals surface area contributed by atoms with Gasteiger partial charge in [-0.1, -0.05) is 6.07 Å². The van der Waals surface area contributed by atoms with E-state index >= 15 is 0 Å². The van der Waals surface area contributed by atoms with Crippen molar-refractivity contribution in [2.24, 2.45) is 5.84 Å². The summed E-state index contributed by atoms with van der Waals surface area (Å²) in [5, 5.41) is 2.57. The van der Waals surface area contributed by atoms with E-state index in [0.717, 1.165) is 0 Å². The van der Waals surface area contributed by atoms with Crippen molar-refractivity contribution in [2.75, 3.05) is 10.7 Å². The zero-order valence-electron chi connectivity index (χ0n) is 10.1. The van der Waals surface area contributed by atoms with Crippen molar-refractivity contribution in [3.05, 3.63) is 47.7 Å². The SMILES string of the molecule is Cc1c(F)cccc1NC(=O)c1cnc(NN)cn1. The molecule has 0 aliphatic carbocycles. The average Bonchev–Trinajstić information content (AvgIpc) is 2.44.